The minimum atomic E-state index is -4.76. The van der Waals surface area contributed by atoms with Crippen molar-refractivity contribution in [3.63, 3.8) is 0 Å². The van der Waals surface area contributed by atoms with Crippen LogP contribution in [0, 0.1) is 0 Å². The number of rotatable bonds is 4. The number of hydrogen-bond acceptors (Lipinski definition) is 3. The molecule has 0 aliphatic carbocycles. The molecular weight excluding hydrogens is 273 g/mol. The van der Waals surface area contributed by atoms with Crippen molar-refractivity contribution in [3.05, 3.63) is 29.8 Å². The summed E-state index contributed by atoms with van der Waals surface area (Å²) in [6, 6.07) is 5.26. The van der Waals surface area contributed by atoms with Gasteiger partial charge < -0.3 is 15.4 Å². The molecule has 1 saturated heterocycles. The van der Waals surface area contributed by atoms with Crippen LogP contribution in [0.15, 0.2) is 24.3 Å². The predicted octanol–water partition coefficient (Wildman–Crippen LogP) is 2.07. The number of hydrogen-bond donors (Lipinski definition) is 2. The molecule has 0 saturated carbocycles. The minimum absolute atomic E-state index is 0.143. The molecule has 0 unspecified atom stereocenters. The first-order valence-electron chi connectivity index (χ1n) is 6.31. The van der Waals surface area contributed by atoms with Crippen molar-refractivity contribution in [3.8, 4) is 5.75 Å². The fraction of sp³-hybridized carbons (Fsp3) is 0.462. The van der Waals surface area contributed by atoms with Crippen LogP contribution in [0.25, 0.3) is 0 Å². The average Bonchev–Trinajstić information content (AvgIpc) is 2.87. The third-order valence-electron chi connectivity index (χ3n) is 3.00. The van der Waals surface area contributed by atoms with Crippen molar-refractivity contribution >= 4 is 5.91 Å². The topological polar surface area (TPSA) is 50.4 Å². The highest BCUT2D eigenvalue weighted by Crippen LogP contribution is 2.23. The van der Waals surface area contributed by atoms with Crippen molar-refractivity contribution in [1.29, 1.82) is 0 Å². The monoisotopic (exact) mass is 288 g/mol. The quantitative estimate of drug-likeness (QED) is 0.891. The zero-order valence-electron chi connectivity index (χ0n) is 10.7. The molecule has 4 nitrogen and oxygen atoms in total. The lowest BCUT2D eigenvalue weighted by Crippen LogP contribution is -2.37. The Kier molecular flexibility index (Phi) is 4.49. The van der Waals surface area contributed by atoms with Gasteiger partial charge in [0, 0.05) is 18.2 Å². The Labute approximate surface area is 114 Å². The van der Waals surface area contributed by atoms with E-state index in [1.807, 2.05) is 0 Å². The van der Waals surface area contributed by atoms with Gasteiger partial charge in [-0.15, -0.1) is 13.2 Å². The van der Waals surface area contributed by atoms with Gasteiger partial charge in [-0.2, -0.15) is 0 Å². The van der Waals surface area contributed by atoms with Gasteiger partial charge in [-0.1, -0.05) is 6.07 Å². The third kappa shape index (κ3) is 4.41. The largest absolute Gasteiger partial charge is 0.573 e. The Morgan fingerprint density at radius 3 is 2.90 bits per heavy atom. The summed E-state index contributed by atoms with van der Waals surface area (Å²) < 4.78 is 40.1. The van der Waals surface area contributed by atoms with E-state index in [2.05, 4.69) is 15.4 Å². The Balaban J connectivity index is 1.93. The lowest BCUT2D eigenvalue weighted by Gasteiger charge is -2.12. The number of carbonyl (C=O) groups excluding carboxylic acids is 1. The lowest BCUT2D eigenvalue weighted by molar-refractivity contribution is -0.274. The average molecular weight is 288 g/mol. The zero-order valence-corrected chi connectivity index (χ0v) is 10.7. The summed E-state index contributed by atoms with van der Waals surface area (Å²) in [6.07, 6.45) is -2.71. The van der Waals surface area contributed by atoms with Gasteiger partial charge in [0.05, 0.1) is 0 Å². The molecule has 1 atom stereocenters. The van der Waals surface area contributed by atoms with Gasteiger partial charge in [0.1, 0.15) is 5.75 Å². The summed E-state index contributed by atoms with van der Waals surface area (Å²) in [5.74, 6) is -0.810. The van der Waals surface area contributed by atoms with Gasteiger partial charge in [0.25, 0.3) is 5.91 Å². The van der Waals surface area contributed by atoms with E-state index in [4.69, 9.17) is 0 Å². The second-order valence-corrected chi connectivity index (χ2v) is 4.58. The van der Waals surface area contributed by atoms with E-state index < -0.39 is 18.0 Å². The number of halogens is 3. The second-order valence-electron chi connectivity index (χ2n) is 4.58. The number of ether oxygens (including phenoxy) is 1. The second kappa shape index (κ2) is 6.13. The maximum Gasteiger partial charge on any atom is 0.573 e. The molecule has 1 aromatic rings. The Morgan fingerprint density at radius 1 is 1.45 bits per heavy atom. The van der Waals surface area contributed by atoms with E-state index >= 15 is 0 Å². The van der Waals surface area contributed by atoms with E-state index in [0.29, 0.717) is 6.54 Å². The summed E-state index contributed by atoms with van der Waals surface area (Å²) in [7, 11) is 0. The van der Waals surface area contributed by atoms with Crippen LogP contribution < -0.4 is 15.4 Å². The standard InChI is InChI=1S/C13H15F3N2O2/c14-13(15,16)20-11-5-1-3-9(7-11)12(19)18-8-10-4-2-6-17-10/h1,3,5,7,10,17H,2,4,6,8H2,(H,18,19)/t10-/m1/s1. The van der Waals surface area contributed by atoms with Gasteiger partial charge in [0.15, 0.2) is 0 Å². The molecule has 110 valence electrons. The van der Waals surface area contributed by atoms with Crippen molar-refractivity contribution < 1.29 is 22.7 Å². The molecule has 1 fully saturated rings. The highest BCUT2D eigenvalue weighted by Gasteiger charge is 2.31. The van der Waals surface area contributed by atoms with Crippen LogP contribution in [0.3, 0.4) is 0 Å². The van der Waals surface area contributed by atoms with Crippen molar-refractivity contribution in [2.75, 3.05) is 13.1 Å². The van der Waals surface area contributed by atoms with Crippen LogP contribution in [-0.4, -0.2) is 31.4 Å². The molecule has 0 radical (unpaired) electrons. The SMILES string of the molecule is O=C(NC[C@H]1CCCN1)c1cccc(OC(F)(F)F)c1. The zero-order chi connectivity index (χ0) is 14.6. The molecule has 1 aliphatic rings. The first-order valence-corrected chi connectivity index (χ1v) is 6.31. The Morgan fingerprint density at radius 2 is 2.25 bits per heavy atom. The first-order chi connectivity index (χ1) is 9.44. The van der Waals surface area contributed by atoms with E-state index in [0.717, 1.165) is 31.5 Å². The summed E-state index contributed by atoms with van der Waals surface area (Å²) in [5, 5.41) is 5.91. The molecular formula is C13H15F3N2O2. The van der Waals surface area contributed by atoms with Crippen LogP contribution in [0.4, 0.5) is 13.2 Å². The first kappa shape index (κ1) is 14.6. The van der Waals surface area contributed by atoms with Gasteiger partial charge in [-0.25, -0.2) is 0 Å². The molecule has 20 heavy (non-hydrogen) atoms. The lowest BCUT2D eigenvalue weighted by atomic mass is 10.2. The molecule has 2 N–H and O–H groups in total. The molecule has 0 aromatic heterocycles. The van der Waals surface area contributed by atoms with E-state index in [1.165, 1.54) is 12.1 Å². The minimum Gasteiger partial charge on any atom is -0.406 e. The Bertz CT molecular complexity index is 471. The molecule has 0 bridgehead atoms. The number of alkyl halides is 3. The maximum absolute atomic E-state index is 12.1. The Hall–Kier alpha value is -1.76. The number of benzene rings is 1. The number of amides is 1. The van der Waals surface area contributed by atoms with Crippen LogP contribution in [0.1, 0.15) is 23.2 Å². The molecule has 1 aliphatic heterocycles. The number of nitrogens with one attached hydrogen (secondary N) is 2. The van der Waals surface area contributed by atoms with Crippen LogP contribution in [-0.2, 0) is 0 Å². The molecule has 1 aromatic carbocycles. The fourth-order valence-electron chi connectivity index (χ4n) is 2.08. The predicted molar refractivity (Wildman–Crippen MR) is 66.5 cm³/mol. The van der Waals surface area contributed by atoms with Crippen LogP contribution >= 0.6 is 0 Å². The fourth-order valence-corrected chi connectivity index (χ4v) is 2.08. The summed E-state index contributed by atoms with van der Waals surface area (Å²) in [6.45, 7) is 1.39. The van der Waals surface area contributed by atoms with E-state index in [9.17, 15) is 18.0 Å². The summed E-state index contributed by atoms with van der Waals surface area (Å²) in [5.41, 5.74) is 0.143. The van der Waals surface area contributed by atoms with Gasteiger partial charge in [-0.05, 0) is 37.6 Å². The number of carbonyl (C=O) groups is 1. The van der Waals surface area contributed by atoms with Crippen LogP contribution in [0.2, 0.25) is 0 Å². The van der Waals surface area contributed by atoms with Gasteiger partial charge in [-0.3, -0.25) is 4.79 Å². The van der Waals surface area contributed by atoms with Gasteiger partial charge in [0.2, 0.25) is 0 Å². The van der Waals surface area contributed by atoms with Crippen molar-refractivity contribution in [2.45, 2.75) is 25.2 Å². The van der Waals surface area contributed by atoms with E-state index in [-0.39, 0.29) is 11.6 Å². The molecule has 1 heterocycles. The molecule has 7 heteroatoms. The smallest absolute Gasteiger partial charge is 0.406 e. The molecule has 1 amide bonds. The third-order valence-corrected chi connectivity index (χ3v) is 3.00. The van der Waals surface area contributed by atoms with Gasteiger partial charge >= 0.3 is 6.36 Å². The van der Waals surface area contributed by atoms with Crippen molar-refractivity contribution in [1.82, 2.24) is 10.6 Å². The van der Waals surface area contributed by atoms with Crippen LogP contribution in [0.5, 0.6) is 5.75 Å². The molecule has 2 rings (SSSR count). The summed E-state index contributed by atoms with van der Waals surface area (Å²) >= 11 is 0. The van der Waals surface area contributed by atoms with Crippen molar-refractivity contribution in [2.24, 2.45) is 0 Å². The normalized spacial score (nSPS) is 18.9. The van der Waals surface area contributed by atoms with E-state index in [1.54, 1.807) is 0 Å². The molecule has 0 spiro atoms. The maximum atomic E-state index is 12.1. The highest BCUT2D eigenvalue weighted by molar-refractivity contribution is 5.94. The summed E-state index contributed by atoms with van der Waals surface area (Å²) in [4.78, 5) is 11.8. The highest BCUT2D eigenvalue weighted by atomic mass is 19.4.